The molecule has 1 fully saturated rings. The number of piperazine rings is 1. The van der Waals surface area contributed by atoms with Crippen LogP contribution in [0.15, 0.2) is 41.3 Å². The van der Waals surface area contributed by atoms with Gasteiger partial charge in [0.05, 0.1) is 10.5 Å². The highest BCUT2D eigenvalue weighted by Gasteiger charge is 2.33. The van der Waals surface area contributed by atoms with Gasteiger partial charge in [0.2, 0.25) is 15.9 Å². The lowest BCUT2D eigenvalue weighted by molar-refractivity contribution is -0.137. The summed E-state index contributed by atoms with van der Waals surface area (Å²) in [6.07, 6.45) is -4.56. The second kappa shape index (κ2) is 8.40. The Bertz CT molecular complexity index is 1040. The van der Waals surface area contributed by atoms with E-state index in [1.807, 2.05) is 0 Å². The Morgan fingerprint density at radius 1 is 1.10 bits per heavy atom. The van der Waals surface area contributed by atoms with Crippen molar-refractivity contribution in [1.29, 1.82) is 0 Å². The third-order valence-corrected chi connectivity index (χ3v) is 6.59. The third-order valence-electron chi connectivity index (χ3n) is 4.48. The zero-order valence-corrected chi connectivity index (χ0v) is 17.4. The van der Waals surface area contributed by atoms with Gasteiger partial charge in [0.15, 0.2) is 0 Å². The number of carbonyl (C=O) groups excluding carboxylic acids is 1. The number of alkyl halides is 3. The Morgan fingerprint density at radius 2 is 1.70 bits per heavy atom. The Morgan fingerprint density at radius 3 is 2.23 bits per heavy atom. The SMILES string of the molecule is CC(=O)Nc1ccc(S(=O)(=O)N2CCN(c3cc(C(F)(F)F)cc(Cl)n3)CC2)cc1. The number of hydrogen-bond acceptors (Lipinski definition) is 5. The summed E-state index contributed by atoms with van der Waals surface area (Å²) in [4.78, 5) is 16.6. The molecular weight excluding hydrogens is 445 g/mol. The number of anilines is 2. The standard InChI is InChI=1S/C18H18ClF3N4O3S/c1-12(27)23-14-2-4-15(5-3-14)30(28,29)26-8-6-25(7-9-26)17-11-13(18(20,21)22)10-16(19)24-17/h2-5,10-11H,6-9H2,1H3,(H,23,27). The number of nitrogens with one attached hydrogen (secondary N) is 1. The first-order valence-electron chi connectivity index (χ1n) is 8.84. The molecule has 0 atom stereocenters. The number of rotatable bonds is 4. The maximum atomic E-state index is 13.0. The molecular formula is C18H18ClF3N4O3S. The largest absolute Gasteiger partial charge is 0.416 e. The molecule has 1 aromatic heterocycles. The maximum absolute atomic E-state index is 13.0. The first-order valence-corrected chi connectivity index (χ1v) is 10.7. The van der Waals surface area contributed by atoms with Gasteiger partial charge in [0, 0.05) is 38.8 Å². The topological polar surface area (TPSA) is 82.6 Å². The van der Waals surface area contributed by atoms with Crippen LogP contribution in [0, 0.1) is 0 Å². The van der Waals surface area contributed by atoms with Gasteiger partial charge >= 0.3 is 6.18 Å². The smallest absolute Gasteiger partial charge is 0.354 e. The summed E-state index contributed by atoms with van der Waals surface area (Å²) in [5, 5.41) is 2.27. The number of aromatic nitrogens is 1. The summed E-state index contributed by atoms with van der Waals surface area (Å²) in [5.41, 5.74) is -0.439. The third kappa shape index (κ3) is 5.02. The fraction of sp³-hybridized carbons (Fsp3) is 0.333. The summed E-state index contributed by atoms with van der Waals surface area (Å²) in [6.45, 7) is 1.81. The average Bonchev–Trinajstić information content (AvgIpc) is 2.67. The zero-order chi connectivity index (χ0) is 22.1. The van der Waals surface area contributed by atoms with Gasteiger partial charge in [-0.2, -0.15) is 17.5 Å². The molecule has 12 heteroatoms. The second-order valence-corrected chi connectivity index (χ2v) is 8.96. The van der Waals surface area contributed by atoms with Gasteiger partial charge in [-0.25, -0.2) is 13.4 Å². The lowest BCUT2D eigenvalue weighted by Crippen LogP contribution is -2.49. The molecule has 0 bridgehead atoms. The van der Waals surface area contributed by atoms with Gasteiger partial charge in [-0.05, 0) is 36.4 Å². The van der Waals surface area contributed by atoms with E-state index in [1.165, 1.54) is 35.5 Å². The summed E-state index contributed by atoms with van der Waals surface area (Å²) in [5.74, 6) is -0.225. The molecule has 3 rings (SSSR count). The van der Waals surface area contributed by atoms with Crippen LogP contribution in [-0.2, 0) is 21.0 Å². The van der Waals surface area contributed by atoms with E-state index in [4.69, 9.17) is 11.6 Å². The van der Waals surface area contributed by atoms with Crippen LogP contribution in [0.2, 0.25) is 5.15 Å². The lowest BCUT2D eigenvalue weighted by Gasteiger charge is -2.35. The van der Waals surface area contributed by atoms with Crippen LogP contribution in [0.4, 0.5) is 24.7 Å². The van der Waals surface area contributed by atoms with Crippen LogP contribution >= 0.6 is 11.6 Å². The van der Waals surface area contributed by atoms with E-state index in [2.05, 4.69) is 10.3 Å². The molecule has 162 valence electrons. The van der Waals surface area contributed by atoms with Crippen molar-refractivity contribution in [2.24, 2.45) is 0 Å². The van der Waals surface area contributed by atoms with Crippen molar-refractivity contribution in [3.8, 4) is 0 Å². The van der Waals surface area contributed by atoms with E-state index in [0.29, 0.717) is 5.69 Å². The molecule has 2 heterocycles. The van der Waals surface area contributed by atoms with Gasteiger partial charge in [-0.3, -0.25) is 4.79 Å². The van der Waals surface area contributed by atoms with Crippen molar-refractivity contribution in [3.05, 3.63) is 47.1 Å². The van der Waals surface area contributed by atoms with Crippen LogP contribution in [0.5, 0.6) is 0 Å². The quantitative estimate of drug-likeness (QED) is 0.705. The van der Waals surface area contributed by atoms with Crippen LogP contribution in [0.1, 0.15) is 12.5 Å². The van der Waals surface area contributed by atoms with Gasteiger partial charge < -0.3 is 10.2 Å². The molecule has 1 aliphatic heterocycles. The van der Waals surface area contributed by atoms with Crippen LogP contribution in [-0.4, -0.2) is 49.8 Å². The predicted molar refractivity (Wildman–Crippen MR) is 106 cm³/mol. The molecule has 0 aliphatic carbocycles. The predicted octanol–water partition coefficient (Wildman–Crippen LogP) is 3.22. The number of sulfonamides is 1. The average molecular weight is 463 g/mol. The summed E-state index contributed by atoms with van der Waals surface area (Å²) < 4.78 is 65.9. The van der Waals surface area contributed by atoms with Crippen molar-refractivity contribution >= 4 is 39.0 Å². The fourth-order valence-corrected chi connectivity index (χ4v) is 4.66. The molecule has 0 saturated carbocycles. The molecule has 0 spiro atoms. The van der Waals surface area contributed by atoms with E-state index in [-0.39, 0.29) is 48.0 Å². The first kappa shape index (κ1) is 22.3. The van der Waals surface area contributed by atoms with Crippen molar-refractivity contribution in [2.45, 2.75) is 18.0 Å². The number of pyridine rings is 1. The van der Waals surface area contributed by atoms with Crippen LogP contribution < -0.4 is 10.2 Å². The minimum absolute atomic E-state index is 0.0477. The lowest BCUT2D eigenvalue weighted by atomic mass is 10.2. The van der Waals surface area contributed by atoms with E-state index >= 15 is 0 Å². The van der Waals surface area contributed by atoms with Gasteiger partial charge in [0.25, 0.3) is 0 Å². The summed E-state index contributed by atoms with van der Waals surface area (Å²) in [7, 11) is -3.78. The highest BCUT2D eigenvalue weighted by Crippen LogP contribution is 2.33. The van der Waals surface area contributed by atoms with Crippen LogP contribution in [0.25, 0.3) is 0 Å². The zero-order valence-electron chi connectivity index (χ0n) is 15.8. The Balaban J connectivity index is 1.72. The number of hydrogen-bond donors (Lipinski definition) is 1. The Labute approximate surface area is 176 Å². The maximum Gasteiger partial charge on any atom is 0.416 e. The molecule has 1 N–H and O–H groups in total. The minimum atomic E-state index is -4.56. The molecule has 1 saturated heterocycles. The molecule has 0 radical (unpaired) electrons. The number of amides is 1. The number of nitrogens with zero attached hydrogens (tertiary/aromatic N) is 3. The fourth-order valence-electron chi connectivity index (χ4n) is 3.03. The number of carbonyl (C=O) groups is 1. The number of halogens is 4. The van der Waals surface area contributed by atoms with Gasteiger partial charge in [-0.1, -0.05) is 11.6 Å². The minimum Gasteiger partial charge on any atom is -0.354 e. The molecule has 7 nitrogen and oxygen atoms in total. The molecule has 1 amide bonds. The highest BCUT2D eigenvalue weighted by molar-refractivity contribution is 7.89. The highest BCUT2D eigenvalue weighted by atomic mass is 35.5. The van der Waals surface area contributed by atoms with Gasteiger partial charge in [0.1, 0.15) is 11.0 Å². The van der Waals surface area contributed by atoms with Crippen molar-refractivity contribution in [2.75, 3.05) is 36.4 Å². The van der Waals surface area contributed by atoms with Crippen LogP contribution in [0.3, 0.4) is 0 Å². The number of benzene rings is 1. The molecule has 1 aliphatic rings. The van der Waals surface area contributed by atoms with Crippen molar-refractivity contribution in [1.82, 2.24) is 9.29 Å². The van der Waals surface area contributed by atoms with Crippen molar-refractivity contribution < 1.29 is 26.4 Å². The van der Waals surface area contributed by atoms with E-state index in [9.17, 15) is 26.4 Å². The molecule has 2 aromatic rings. The monoisotopic (exact) mass is 462 g/mol. The Kier molecular flexibility index (Phi) is 6.25. The first-order chi connectivity index (χ1) is 14.0. The molecule has 1 aromatic carbocycles. The normalized spacial score (nSPS) is 15.8. The summed E-state index contributed by atoms with van der Waals surface area (Å²) >= 11 is 5.73. The van der Waals surface area contributed by atoms with E-state index in [0.717, 1.165) is 12.1 Å². The van der Waals surface area contributed by atoms with E-state index < -0.39 is 21.8 Å². The molecule has 30 heavy (non-hydrogen) atoms. The van der Waals surface area contributed by atoms with E-state index in [1.54, 1.807) is 4.90 Å². The Hall–Kier alpha value is -2.37. The summed E-state index contributed by atoms with van der Waals surface area (Å²) in [6, 6.07) is 7.40. The van der Waals surface area contributed by atoms with Crippen molar-refractivity contribution in [3.63, 3.8) is 0 Å². The second-order valence-electron chi connectivity index (χ2n) is 6.63. The molecule has 0 unspecified atom stereocenters. The van der Waals surface area contributed by atoms with Gasteiger partial charge in [-0.15, -0.1) is 0 Å².